The summed E-state index contributed by atoms with van der Waals surface area (Å²) < 4.78 is 0. The van der Waals surface area contributed by atoms with E-state index >= 15 is 0 Å². The zero-order valence-electron chi connectivity index (χ0n) is 10.9. The third-order valence-corrected chi connectivity index (χ3v) is 3.89. The Labute approximate surface area is 103 Å². The Morgan fingerprint density at radius 1 is 1.31 bits per heavy atom. The van der Waals surface area contributed by atoms with E-state index in [0.717, 1.165) is 17.8 Å². The van der Waals surface area contributed by atoms with Gasteiger partial charge in [0.2, 0.25) is 0 Å². The van der Waals surface area contributed by atoms with Crippen molar-refractivity contribution in [3.8, 4) is 0 Å². The van der Waals surface area contributed by atoms with Gasteiger partial charge in [-0.05, 0) is 64.6 Å². The van der Waals surface area contributed by atoms with Crippen molar-refractivity contribution in [3.05, 3.63) is 21.9 Å². The molecule has 0 amide bonds. The Morgan fingerprint density at radius 2 is 1.94 bits per heavy atom. The molecular weight excluding hydrogens is 218 g/mol. The van der Waals surface area contributed by atoms with E-state index in [1.165, 1.54) is 5.56 Å². The monoisotopic (exact) mass is 241 g/mol. The molecule has 0 radical (unpaired) electrons. The normalized spacial score (nSPS) is 16.1. The van der Waals surface area contributed by atoms with Crippen LogP contribution in [0.3, 0.4) is 0 Å². The molecule has 1 aromatic heterocycles. The minimum absolute atomic E-state index is 0.112. The quantitative estimate of drug-likeness (QED) is 0.849. The SMILES string of the molecule is Cc1ccsc1C(C)(O)CCNC(C)(C)C. The molecule has 1 aromatic rings. The molecule has 2 N–H and O–H groups in total. The molecule has 0 saturated carbocycles. The highest BCUT2D eigenvalue weighted by Gasteiger charge is 2.26. The average Bonchev–Trinajstić information content (AvgIpc) is 2.48. The zero-order valence-corrected chi connectivity index (χ0v) is 11.7. The van der Waals surface area contributed by atoms with Crippen LogP contribution in [0.4, 0.5) is 0 Å². The lowest BCUT2D eigenvalue weighted by Crippen LogP contribution is -2.39. The fourth-order valence-corrected chi connectivity index (χ4v) is 2.74. The van der Waals surface area contributed by atoms with Crippen molar-refractivity contribution >= 4 is 11.3 Å². The molecule has 0 fully saturated rings. The van der Waals surface area contributed by atoms with Crippen molar-refractivity contribution in [2.75, 3.05) is 6.54 Å². The highest BCUT2D eigenvalue weighted by Crippen LogP contribution is 2.31. The van der Waals surface area contributed by atoms with Crippen LogP contribution in [0.15, 0.2) is 11.4 Å². The maximum Gasteiger partial charge on any atom is 0.0974 e. The Morgan fingerprint density at radius 3 is 2.38 bits per heavy atom. The summed E-state index contributed by atoms with van der Waals surface area (Å²) in [6.45, 7) is 11.2. The predicted molar refractivity (Wildman–Crippen MR) is 71.0 cm³/mol. The molecule has 0 spiro atoms. The molecule has 0 saturated heterocycles. The number of hydrogen-bond donors (Lipinski definition) is 2. The number of aliphatic hydroxyl groups is 1. The van der Waals surface area contributed by atoms with Crippen molar-refractivity contribution in [3.63, 3.8) is 0 Å². The smallest absolute Gasteiger partial charge is 0.0974 e. The molecule has 16 heavy (non-hydrogen) atoms. The summed E-state index contributed by atoms with van der Waals surface area (Å²) in [6, 6.07) is 2.06. The van der Waals surface area contributed by atoms with E-state index in [0.29, 0.717) is 0 Å². The van der Waals surface area contributed by atoms with Gasteiger partial charge in [-0.1, -0.05) is 0 Å². The third-order valence-electron chi connectivity index (χ3n) is 2.62. The predicted octanol–water partition coefficient (Wildman–Crippen LogP) is 3.04. The van der Waals surface area contributed by atoms with E-state index in [1.807, 2.05) is 12.3 Å². The summed E-state index contributed by atoms with van der Waals surface area (Å²) in [7, 11) is 0. The van der Waals surface area contributed by atoms with E-state index in [4.69, 9.17) is 0 Å². The van der Waals surface area contributed by atoms with Crippen LogP contribution in [0.1, 0.15) is 44.6 Å². The molecule has 1 unspecified atom stereocenters. The minimum Gasteiger partial charge on any atom is -0.385 e. The van der Waals surface area contributed by atoms with Crippen LogP contribution in [0.25, 0.3) is 0 Å². The maximum absolute atomic E-state index is 10.4. The number of nitrogens with one attached hydrogen (secondary N) is 1. The molecule has 0 aliphatic carbocycles. The molecule has 3 heteroatoms. The molecule has 2 nitrogen and oxygen atoms in total. The van der Waals surface area contributed by atoms with E-state index < -0.39 is 5.60 Å². The molecule has 92 valence electrons. The fourth-order valence-electron chi connectivity index (χ4n) is 1.72. The van der Waals surface area contributed by atoms with Crippen molar-refractivity contribution in [1.29, 1.82) is 0 Å². The van der Waals surface area contributed by atoms with Crippen LogP contribution >= 0.6 is 11.3 Å². The van der Waals surface area contributed by atoms with E-state index in [2.05, 4.69) is 39.1 Å². The molecule has 1 atom stereocenters. The van der Waals surface area contributed by atoms with Gasteiger partial charge in [0.05, 0.1) is 5.60 Å². The summed E-state index contributed by atoms with van der Waals surface area (Å²) in [5.41, 5.74) is 0.586. The standard InChI is InChI=1S/C13H23NOS/c1-10-6-9-16-11(10)13(5,15)7-8-14-12(2,3)4/h6,9,14-15H,7-8H2,1-5H3. The van der Waals surface area contributed by atoms with Gasteiger partial charge in [0.15, 0.2) is 0 Å². The summed E-state index contributed by atoms with van der Waals surface area (Å²) >= 11 is 1.64. The van der Waals surface area contributed by atoms with Crippen molar-refractivity contribution in [2.45, 2.75) is 52.2 Å². The van der Waals surface area contributed by atoms with Gasteiger partial charge in [0.1, 0.15) is 0 Å². The fraction of sp³-hybridized carbons (Fsp3) is 0.692. The second-order valence-corrected chi connectivity index (χ2v) is 6.55. The van der Waals surface area contributed by atoms with Gasteiger partial charge in [-0.15, -0.1) is 11.3 Å². The second-order valence-electron chi connectivity index (χ2n) is 5.63. The molecule has 0 aliphatic heterocycles. The van der Waals surface area contributed by atoms with Crippen LogP contribution in [0, 0.1) is 6.92 Å². The van der Waals surface area contributed by atoms with Gasteiger partial charge in [0, 0.05) is 10.4 Å². The lowest BCUT2D eigenvalue weighted by atomic mass is 9.97. The molecule has 1 rings (SSSR count). The molecule has 0 aliphatic rings. The third kappa shape index (κ3) is 3.89. The van der Waals surface area contributed by atoms with E-state index in [1.54, 1.807) is 11.3 Å². The van der Waals surface area contributed by atoms with Crippen molar-refractivity contribution < 1.29 is 5.11 Å². The average molecular weight is 241 g/mol. The second kappa shape index (κ2) is 4.86. The summed E-state index contributed by atoms with van der Waals surface area (Å²) in [5, 5.41) is 15.9. The first kappa shape index (κ1) is 13.7. The number of rotatable bonds is 4. The van der Waals surface area contributed by atoms with Gasteiger partial charge in [-0.25, -0.2) is 0 Å². The number of hydrogen-bond acceptors (Lipinski definition) is 3. The number of thiophene rings is 1. The highest BCUT2D eigenvalue weighted by molar-refractivity contribution is 7.10. The van der Waals surface area contributed by atoms with E-state index in [-0.39, 0.29) is 5.54 Å². The molecule has 0 aromatic carbocycles. The van der Waals surface area contributed by atoms with Gasteiger partial charge >= 0.3 is 0 Å². The van der Waals surface area contributed by atoms with Crippen LogP contribution < -0.4 is 5.32 Å². The Kier molecular flexibility index (Phi) is 4.16. The summed E-state index contributed by atoms with van der Waals surface area (Å²) in [6.07, 6.45) is 0.742. The largest absolute Gasteiger partial charge is 0.385 e. The molecule has 0 bridgehead atoms. The maximum atomic E-state index is 10.4. The van der Waals surface area contributed by atoms with Gasteiger partial charge in [-0.3, -0.25) is 0 Å². The zero-order chi connectivity index (χ0) is 12.4. The highest BCUT2D eigenvalue weighted by atomic mass is 32.1. The Hall–Kier alpha value is -0.380. The summed E-state index contributed by atoms with van der Waals surface area (Å²) in [4.78, 5) is 1.09. The van der Waals surface area contributed by atoms with Gasteiger partial charge < -0.3 is 10.4 Å². The first-order chi connectivity index (χ1) is 7.22. The van der Waals surface area contributed by atoms with Crippen LogP contribution in [-0.4, -0.2) is 17.2 Å². The lowest BCUT2D eigenvalue weighted by molar-refractivity contribution is 0.0496. The molecule has 1 heterocycles. The Bertz CT molecular complexity index is 336. The van der Waals surface area contributed by atoms with Gasteiger partial charge in [0.25, 0.3) is 0 Å². The van der Waals surface area contributed by atoms with Crippen LogP contribution in [0.5, 0.6) is 0 Å². The minimum atomic E-state index is -0.712. The molecular formula is C13H23NOS. The van der Waals surface area contributed by atoms with Crippen LogP contribution in [0.2, 0.25) is 0 Å². The Balaban J connectivity index is 2.56. The first-order valence-electron chi connectivity index (χ1n) is 5.74. The van der Waals surface area contributed by atoms with E-state index in [9.17, 15) is 5.11 Å². The number of aryl methyl sites for hydroxylation is 1. The van der Waals surface area contributed by atoms with Crippen LogP contribution in [-0.2, 0) is 5.60 Å². The van der Waals surface area contributed by atoms with Crippen molar-refractivity contribution in [2.24, 2.45) is 0 Å². The first-order valence-corrected chi connectivity index (χ1v) is 6.62. The lowest BCUT2D eigenvalue weighted by Gasteiger charge is -2.27. The van der Waals surface area contributed by atoms with Gasteiger partial charge in [-0.2, -0.15) is 0 Å². The summed E-state index contributed by atoms with van der Waals surface area (Å²) in [5.74, 6) is 0. The van der Waals surface area contributed by atoms with Crippen molar-refractivity contribution in [1.82, 2.24) is 5.32 Å². The topological polar surface area (TPSA) is 32.3 Å².